The number of carbonyl (C=O) groups is 4. The second kappa shape index (κ2) is 11.9. The van der Waals surface area contributed by atoms with Gasteiger partial charge >= 0.3 is 17.9 Å². The van der Waals surface area contributed by atoms with Crippen molar-refractivity contribution in [2.45, 2.75) is 57.0 Å². The zero-order valence-electron chi connectivity index (χ0n) is 28.4. The van der Waals surface area contributed by atoms with E-state index in [1.165, 1.54) is 0 Å². The molecule has 2 saturated carbocycles. The van der Waals surface area contributed by atoms with Gasteiger partial charge in [0.15, 0.2) is 11.4 Å². The van der Waals surface area contributed by atoms with Gasteiger partial charge in [0.1, 0.15) is 18.3 Å². The Labute approximate surface area is 290 Å². The van der Waals surface area contributed by atoms with Gasteiger partial charge in [-0.05, 0) is 54.5 Å². The average molecular weight is 677 g/mol. The van der Waals surface area contributed by atoms with Crippen LogP contribution in [0.1, 0.15) is 65.2 Å². The molecule has 8 unspecified atom stereocenters. The van der Waals surface area contributed by atoms with Crippen molar-refractivity contribution in [1.82, 2.24) is 0 Å². The molecule has 4 aliphatic rings. The van der Waals surface area contributed by atoms with E-state index >= 15 is 0 Å². The second-order valence-corrected chi connectivity index (χ2v) is 14.7. The Morgan fingerprint density at radius 3 is 1.86 bits per heavy atom. The van der Waals surface area contributed by atoms with Crippen LogP contribution in [-0.2, 0) is 19.0 Å². The summed E-state index contributed by atoms with van der Waals surface area (Å²) in [5, 5.41) is 25.5. The molecule has 258 valence electrons. The Hall–Kier alpha value is -4.86. The third-order valence-electron chi connectivity index (χ3n) is 11.7. The van der Waals surface area contributed by atoms with Crippen LogP contribution in [0.2, 0.25) is 0 Å². The molecule has 0 saturated heterocycles. The van der Waals surface area contributed by atoms with Gasteiger partial charge in [0.2, 0.25) is 0 Å². The van der Waals surface area contributed by atoms with E-state index in [0.717, 1.165) is 0 Å². The van der Waals surface area contributed by atoms with Crippen molar-refractivity contribution in [2.24, 2.45) is 29.1 Å². The summed E-state index contributed by atoms with van der Waals surface area (Å²) in [5.41, 5.74) is -4.55. The Kier molecular flexibility index (Phi) is 7.99. The van der Waals surface area contributed by atoms with Crippen molar-refractivity contribution in [3.63, 3.8) is 0 Å². The summed E-state index contributed by atoms with van der Waals surface area (Å²) in [6.45, 7) is 6.86. The first-order chi connectivity index (χ1) is 23.8. The molecule has 3 aromatic carbocycles. The summed E-state index contributed by atoms with van der Waals surface area (Å²) in [7, 11) is 0. The fourth-order valence-corrected chi connectivity index (χ4v) is 9.17. The molecule has 9 nitrogen and oxygen atoms in total. The van der Waals surface area contributed by atoms with Gasteiger partial charge in [-0.3, -0.25) is 4.79 Å². The maximum atomic E-state index is 13.9. The van der Waals surface area contributed by atoms with Crippen molar-refractivity contribution < 1.29 is 43.6 Å². The maximum Gasteiger partial charge on any atom is 0.338 e. The van der Waals surface area contributed by atoms with Crippen molar-refractivity contribution in [2.75, 3.05) is 6.61 Å². The van der Waals surface area contributed by atoms with Crippen LogP contribution in [0.4, 0.5) is 0 Å². The highest BCUT2D eigenvalue weighted by molar-refractivity contribution is 6.05. The van der Waals surface area contributed by atoms with Crippen LogP contribution in [0.15, 0.2) is 114 Å². The number of Topliss-reactive ketones (excluding diaryl/α,β-unsaturated/α-hetero) is 1. The minimum atomic E-state index is -2.07. The van der Waals surface area contributed by atoms with E-state index in [0.29, 0.717) is 22.3 Å². The van der Waals surface area contributed by atoms with Gasteiger partial charge in [0.25, 0.3) is 0 Å². The second-order valence-electron chi connectivity index (χ2n) is 14.7. The third kappa shape index (κ3) is 4.89. The van der Waals surface area contributed by atoms with E-state index in [9.17, 15) is 29.4 Å². The first-order valence-electron chi connectivity index (χ1n) is 16.9. The minimum Gasteiger partial charge on any atom is -0.458 e. The molecular formula is C41H40O9. The number of hydrogen-bond donors (Lipinski definition) is 2. The lowest BCUT2D eigenvalue weighted by Crippen LogP contribution is -2.66. The zero-order valence-corrected chi connectivity index (χ0v) is 28.4. The van der Waals surface area contributed by atoms with Crippen molar-refractivity contribution in [1.29, 1.82) is 0 Å². The first kappa shape index (κ1) is 33.6. The molecule has 3 aromatic rings. The zero-order chi connectivity index (χ0) is 35.6. The number of fused-ring (bicyclic) bond motifs is 5. The Bertz CT molecular complexity index is 1920. The van der Waals surface area contributed by atoms with Gasteiger partial charge in [-0.2, -0.15) is 0 Å². The van der Waals surface area contributed by atoms with Gasteiger partial charge in [0.05, 0.1) is 22.3 Å². The highest BCUT2D eigenvalue weighted by Gasteiger charge is 2.88. The summed E-state index contributed by atoms with van der Waals surface area (Å²) >= 11 is 0. The van der Waals surface area contributed by atoms with E-state index in [2.05, 4.69) is 0 Å². The summed E-state index contributed by atoms with van der Waals surface area (Å²) in [6, 6.07) is 25.4. The Balaban J connectivity index is 1.35. The molecule has 0 heterocycles. The molecule has 0 aromatic heterocycles. The number of esters is 3. The number of ketones is 1. The topological polar surface area (TPSA) is 136 Å². The van der Waals surface area contributed by atoms with Gasteiger partial charge in [-0.15, -0.1) is 0 Å². The third-order valence-corrected chi connectivity index (χ3v) is 11.7. The number of carbonyl (C=O) groups excluding carboxylic acids is 4. The minimum absolute atomic E-state index is 0.198. The van der Waals surface area contributed by atoms with E-state index in [-0.39, 0.29) is 18.6 Å². The van der Waals surface area contributed by atoms with Crippen LogP contribution >= 0.6 is 0 Å². The highest BCUT2D eigenvalue weighted by atomic mass is 16.6. The summed E-state index contributed by atoms with van der Waals surface area (Å²) in [6.07, 6.45) is 2.01. The maximum absolute atomic E-state index is 13.9. The van der Waals surface area contributed by atoms with Crippen molar-refractivity contribution in [3.05, 3.63) is 131 Å². The van der Waals surface area contributed by atoms with E-state index < -0.39 is 75.7 Å². The molecular weight excluding hydrogens is 636 g/mol. The lowest BCUT2D eigenvalue weighted by atomic mass is 9.59. The predicted octanol–water partition coefficient (Wildman–Crippen LogP) is 5.52. The van der Waals surface area contributed by atoms with Crippen LogP contribution in [0.3, 0.4) is 0 Å². The van der Waals surface area contributed by atoms with E-state index in [4.69, 9.17) is 14.2 Å². The quantitative estimate of drug-likeness (QED) is 0.188. The number of ether oxygens (including phenoxy) is 3. The first-order valence-corrected chi connectivity index (χ1v) is 16.9. The van der Waals surface area contributed by atoms with Crippen LogP contribution in [0.5, 0.6) is 0 Å². The van der Waals surface area contributed by atoms with Crippen LogP contribution in [0.25, 0.3) is 0 Å². The standard InChI is InChI=1S/C41H40O9/c1-24-20-31-39(46,33(24)42)22-26(23-48-35(43)27-14-8-5-9-15-27)21-30-32-38(3,4)41(32,50-37(45)29-18-12-7-13-19-29)34(25(2)40(30,31)47)49-36(44)28-16-10-6-11-17-28/h5-21,25,30-32,34,46-47H,22-23H2,1-4H3. The lowest BCUT2D eigenvalue weighted by molar-refractivity contribution is -0.210. The normalized spacial score (nSPS) is 33.3. The van der Waals surface area contributed by atoms with Crippen molar-refractivity contribution >= 4 is 23.7 Å². The smallest absolute Gasteiger partial charge is 0.338 e. The molecule has 0 radical (unpaired) electrons. The van der Waals surface area contributed by atoms with Gasteiger partial charge < -0.3 is 24.4 Å². The van der Waals surface area contributed by atoms with Crippen LogP contribution in [0, 0.1) is 29.1 Å². The molecule has 50 heavy (non-hydrogen) atoms. The summed E-state index contributed by atoms with van der Waals surface area (Å²) < 4.78 is 18.5. The summed E-state index contributed by atoms with van der Waals surface area (Å²) in [5.74, 6) is -5.92. The summed E-state index contributed by atoms with van der Waals surface area (Å²) in [4.78, 5) is 54.4. The van der Waals surface area contributed by atoms with Crippen LogP contribution < -0.4 is 0 Å². The lowest BCUT2D eigenvalue weighted by Gasteiger charge is -2.53. The average Bonchev–Trinajstić information content (AvgIpc) is 3.55. The van der Waals surface area contributed by atoms with Gasteiger partial charge in [-0.1, -0.05) is 87.5 Å². The molecule has 7 rings (SSSR count). The van der Waals surface area contributed by atoms with Gasteiger partial charge in [-0.25, -0.2) is 14.4 Å². The molecule has 8 atom stereocenters. The van der Waals surface area contributed by atoms with Crippen molar-refractivity contribution in [3.8, 4) is 0 Å². The molecule has 2 fully saturated rings. The van der Waals surface area contributed by atoms with Crippen LogP contribution in [-0.4, -0.2) is 63.4 Å². The molecule has 2 N–H and O–H groups in total. The fourth-order valence-electron chi connectivity index (χ4n) is 9.17. The molecule has 9 heteroatoms. The Morgan fingerprint density at radius 2 is 1.30 bits per heavy atom. The number of aliphatic hydroxyl groups is 2. The number of rotatable bonds is 7. The number of hydrogen-bond acceptors (Lipinski definition) is 9. The van der Waals surface area contributed by atoms with E-state index in [1.54, 1.807) is 117 Å². The highest BCUT2D eigenvalue weighted by Crippen LogP contribution is 2.77. The molecule has 0 bridgehead atoms. The van der Waals surface area contributed by atoms with Gasteiger partial charge in [0, 0.05) is 35.5 Å². The monoisotopic (exact) mass is 676 g/mol. The number of benzene rings is 3. The largest absolute Gasteiger partial charge is 0.458 e. The molecule has 0 aliphatic heterocycles. The van der Waals surface area contributed by atoms with E-state index in [1.807, 2.05) is 13.8 Å². The SMILES string of the molecule is CC1=CC2C(O)(CC(COC(=O)c3ccccc3)=CC3C4C(C)(C)C4(OC(=O)c4ccccc4)C(OC(=O)c4ccccc4)C(C)C32O)C1=O. The molecule has 0 spiro atoms. The molecule has 4 aliphatic carbocycles. The predicted molar refractivity (Wildman–Crippen MR) is 182 cm³/mol. The fraction of sp³-hybridized carbons (Fsp3) is 0.366. The molecule has 0 amide bonds. The Morgan fingerprint density at radius 1 is 0.780 bits per heavy atom.